The predicted octanol–water partition coefficient (Wildman–Crippen LogP) is 2.96. The molecule has 0 spiro atoms. The van der Waals surface area contributed by atoms with E-state index in [-0.39, 0.29) is 5.91 Å². The molecule has 154 valence electrons. The summed E-state index contributed by atoms with van der Waals surface area (Å²) in [5.41, 5.74) is 9.69. The summed E-state index contributed by atoms with van der Waals surface area (Å²) in [7, 11) is 1.60. The predicted molar refractivity (Wildman–Crippen MR) is 118 cm³/mol. The number of benzene rings is 1. The number of ether oxygens (including phenoxy) is 1. The maximum Gasteiger partial charge on any atom is 0.221 e. The van der Waals surface area contributed by atoms with Crippen molar-refractivity contribution in [1.82, 2.24) is 25.1 Å². The summed E-state index contributed by atoms with van der Waals surface area (Å²) in [5, 5.41) is 8.00. The number of nitrogen functional groups attached to an aromatic ring is 1. The summed E-state index contributed by atoms with van der Waals surface area (Å²) in [4.78, 5) is 20.9. The summed E-state index contributed by atoms with van der Waals surface area (Å²) in [6.07, 6.45) is 5.74. The summed E-state index contributed by atoms with van der Waals surface area (Å²) < 4.78 is 7.78. The van der Waals surface area contributed by atoms with Crippen LogP contribution in [0.25, 0.3) is 31.9 Å². The summed E-state index contributed by atoms with van der Waals surface area (Å²) >= 11 is 1.59. The maximum absolute atomic E-state index is 11.8. The van der Waals surface area contributed by atoms with Crippen LogP contribution >= 0.6 is 11.3 Å². The molecule has 9 heteroatoms. The van der Waals surface area contributed by atoms with Gasteiger partial charge in [0.2, 0.25) is 5.91 Å². The van der Waals surface area contributed by atoms with Crippen molar-refractivity contribution in [3.8, 4) is 21.7 Å². The van der Waals surface area contributed by atoms with E-state index >= 15 is 0 Å². The minimum absolute atomic E-state index is 0.0311. The van der Waals surface area contributed by atoms with Gasteiger partial charge in [-0.05, 0) is 18.2 Å². The topological polar surface area (TPSA) is 108 Å². The zero-order chi connectivity index (χ0) is 20.9. The van der Waals surface area contributed by atoms with E-state index in [0.717, 1.165) is 31.9 Å². The largest absolute Gasteiger partial charge is 0.383 e. The molecule has 0 bridgehead atoms. The smallest absolute Gasteiger partial charge is 0.221 e. The van der Waals surface area contributed by atoms with Crippen LogP contribution in [0.4, 0.5) is 5.82 Å². The molecule has 4 aromatic rings. The fourth-order valence-electron chi connectivity index (χ4n) is 3.02. The first kappa shape index (κ1) is 20.0. The van der Waals surface area contributed by atoms with Crippen molar-refractivity contribution in [3.63, 3.8) is 0 Å². The third-order valence-corrected chi connectivity index (χ3v) is 5.68. The van der Waals surface area contributed by atoms with Gasteiger partial charge in [0.05, 0.1) is 28.6 Å². The highest BCUT2D eigenvalue weighted by Crippen LogP contribution is 2.34. The molecule has 0 atom stereocenters. The lowest BCUT2D eigenvalue weighted by Gasteiger charge is -2.05. The number of rotatable bonds is 8. The van der Waals surface area contributed by atoms with Crippen LogP contribution in [0.3, 0.4) is 0 Å². The van der Waals surface area contributed by atoms with Crippen molar-refractivity contribution >= 4 is 33.3 Å². The van der Waals surface area contributed by atoms with E-state index in [4.69, 9.17) is 10.5 Å². The number of aryl methyl sites for hydroxylation is 1. The fourth-order valence-corrected chi connectivity index (χ4v) is 4.01. The number of anilines is 1. The summed E-state index contributed by atoms with van der Waals surface area (Å²) in [5.74, 6) is 0.411. The molecule has 0 aliphatic carbocycles. The lowest BCUT2D eigenvalue weighted by Crippen LogP contribution is -2.27. The number of nitrogens with two attached hydrogens (primary N) is 1. The van der Waals surface area contributed by atoms with Gasteiger partial charge in [-0.15, -0.1) is 11.3 Å². The van der Waals surface area contributed by atoms with Gasteiger partial charge in [-0.2, -0.15) is 5.10 Å². The minimum Gasteiger partial charge on any atom is -0.383 e. The van der Waals surface area contributed by atoms with Crippen LogP contribution in [-0.2, 0) is 16.1 Å². The number of para-hydroxylation sites is 1. The summed E-state index contributed by atoms with van der Waals surface area (Å²) in [6.45, 7) is 1.50. The third kappa shape index (κ3) is 4.47. The number of hydrogen-bond donors (Lipinski definition) is 2. The highest BCUT2D eigenvalue weighted by atomic mass is 32.1. The number of thiazole rings is 1. The molecule has 3 aromatic heterocycles. The van der Waals surface area contributed by atoms with Gasteiger partial charge in [0, 0.05) is 50.1 Å². The number of methoxy groups -OCH3 is 1. The molecule has 1 aromatic carbocycles. The number of nitrogens with one attached hydrogen (secondary N) is 1. The molecule has 4 rings (SSSR count). The van der Waals surface area contributed by atoms with Crippen molar-refractivity contribution < 1.29 is 9.53 Å². The van der Waals surface area contributed by atoms with Gasteiger partial charge in [-0.1, -0.05) is 12.1 Å². The Kier molecular flexibility index (Phi) is 6.01. The van der Waals surface area contributed by atoms with Crippen molar-refractivity contribution in [2.24, 2.45) is 0 Å². The molecule has 0 saturated carbocycles. The SMILES string of the molecule is COCCNC(=O)CCn1cc(-c2cnc(N)c(-c3nc4ccccc4s3)c2)cn1. The zero-order valence-corrected chi connectivity index (χ0v) is 17.4. The molecular formula is C21H22N6O2S. The molecule has 8 nitrogen and oxygen atoms in total. The lowest BCUT2D eigenvalue weighted by molar-refractivity contribution is -0.121. The van der Waals surface area contributed by atoms with Crippen LogP contribution in [0.15, 0.2) is 48.9 Å². The van der Waals surface area contributed by atoms with Crippen LogP contribution in [0.5, 0.6) is 0 Å². The fraction of sp³-hybridized carbons (Fsp3) is 0.238. The average Bonchev–Trinajstić information content (AvgIpc) is 3.40. The maximum atomic E-state index is 11.8. The number of carbonyl (C=O) groups is 1. The molecule has 0 saturated heterocycles. The molecule has 1 amide bonds. The van der Waals surface area contributed by atoms with Crippen LogP contribution in [-0.4, -0.2) is 45.9 Å². The standard InChI is InChI=1S/C21H22N6O2S/c1-29-9-7-23-19(28)6-8-27-13-15(12-25-27)14-10-16(20(22)24-11-14)21-26-17-4-2-3-5-18(17)30-21/h2-5,10-13H,6-9H2,1H3,(H2,22,24)(H,23,28). The van der Waals surface area contributed by atoms with Crippen molar-refractivity contribution in [2.45, 2.75) is 13.0 Å². The Morgan fingerprint density at radius 2 is 2.13 bits per heavy atom. The van der Waals surface area contributed by atoms with E-state index in [1.165, 1.54) is 0 Å². The molecule has 0 fully saturated rings. The highest BCUT2D eigenvalue weighted by molar-refractivity contribution is 7.21. The van der Waals surface area contributed by atoms with E-state index in [1.54, 1.807) is 35.5 Å². The normalized spacial score (nSPS) is 11.1. The Labute approximate surface area is 177 Å². The number of nitrogens with zero attached hydrogens (tertiary/aromatic N) is 4. The molecule has 30 heavy (non-hydrogen) atoms. The van der Waals surface area contributed by atoms with Gasteiger partial charge in [-0.3, -0.25) is 9.48 Å². The first-order valence-electron chi connectivity index (χ1n) is 9.54. The van der Waals surface area contributed by atoms with E-state index in [2.05, 4.69) is 20.4 Å². The van der Waals surface area contributed by atoms with Gasteiger partial charge >= 0.3 is 0 Å². The number of pyridine rings is 1. The van der Waals surface area contributed by atoms with Crippen molar-refractivity contribution in [2.75, 3.05) is 26.0 Å². The van der Waals surface area contributed by atoms with Gasteiger partial charge in [0.1, 0.15) is 10.8 Å². The van der Waals surface area contributed by atoms with E-state index in [1.807, 2.05) is 36.5 Å². The number of aromatic nitrogens is 4. The number of carbonyl (C=O) groups excluding carboxylic acids is 1. The van der Waals surface area contributed by atoms with Gasteiger partial charge in [0.25, 0.3) is 0 Å². The Bertz CT molecular complexity index is 1140. The molecular weight excluding hydrogens is 400 g/mol. The molecule has 3 N–H and O–H groups in total. The summed E-state index contributed by atoms with van der Waals surface area (Å²) in [6, 6.07) is 9.97. The quantitative estimate of drug-likeness (QED) is 0.423. The Hall–Kier alpha value is -3.30. The minimum atomic E-state index is -0.0311. The van der Waals surface area contributed by atoms with Crippen LogP contribution in [0.1, 0.15) is 6.42 Å². The van der Waals surface area contributed by atoms with E-state index < -0.39 is 0 Å². The second-order valence-electron chi connectivity index (χ2n) is 6.73. The van der Waals surface area contributed by atoms with Gasteiger partial charge in [0.15, 0.2) is 0 Å². The van der Waals surface area contributed by atoms with Crippen LogP contribution in [0, 0.1) is 0 Å². The van der Waals surface area contributed by atoms with Crippen molar-refractivity contribution in [1.29, 1.82) is 0 Å². The Morgan fingerprint density at radius 3 is 2.97 bits per heavy atom. The van der Waals surface area contributed by atoms with E-state index in [9.17, 15) is 4.79 Å². The number of amides is 1. The van der Waals surface area contributed by atoms with Crippen LogP contribution < -0.4 is 11.1 Å². The Morgan fingerprint density at radius 1 is 1.27 bits per heavy atom. The number of hydrogen-bond acceptors (Lipinski definition) is 7. The highest BCUT2D eigenvalue weighted by Gasteiger charge is 2.13. The molecule has 0 aliphatic rings. The molecule has 0 radical (unpaired) electrons. The van der Waals surface area contributed by atoms with Crippen molar-refractivity contribution in [3.05, 3.63) is 48.9 Å². The monoisotopic (exact) mass is 422 g/mol. The van der Waals surface area contributed by atoms with Gasteiger partial charge in [-0.25, -0.2) is 9.97 Å². The Balaban J connectivity index is 1.50. The zero-order valence-electron chi connectivity index (χ0n) is 16.5. The van der Waals surface area contributed by atoms with Gasteiger partial charge < -0.3 is 15.8 Å². The molecule has 0 aliphatic heterocycles. The molecule has 3 heterocycles. The second kappa shape index (κ2) is 9.02. The van der Waals surface area contributed by atoms with E-state index in [0.29, 0.717) is 31.9 Å². The third-order valence-electron chi connectivity index (χ3n) is 4.61. The average molecular weight is 423 g/mol. The van der Waals surface area contributed by atoms with Crippen LogP contribution in [0.2, 0.25) is 0 Å². The second-order valence-corrected chi connectivity index (χ2v) is 7.76. The molecule has 0 unspecified atom stereocenters. The number of fused-ring (bicyclic) bond motifs is 1. The first-order valence-corrected chi connectivity index (χ1v) is 10.4. The first-order chi connectivity index (χ1) is 14.6. The lowest BCUT2D eigenvalue weighted by atomic mass is 10.1.